The van der Waals surface area contributed by atoms with Gasteiger partial charge in [0.05, 0.1) is 17.1 Å². The maximum Gasteiger partial charge on any atom is 0.225 e. The fourth-order valence-corrected chi connectivity index (χ4v) is 3.26. The van der Waals surface area contributed by atoms with Gasteiger partial charge in [-0.2, -0.15) is 0 Å². The zero-order chi connectivity index (χ0) is 20.5. The molecule has 1 heterocycles. The second-order valence-corrected chi connectivity index (χ2v) is 8.89. The Balaban J connectivity index is 1.96. The highest BCUT2D eigenvalue weighted by molar-refractivity contribution is 5.82. The number of hydrogen-bond donors (Lipinski definition) is 1. The molecule has 1 N–H and O–H groups in total. The van der Waals surface area contributed by atoms with Crippen LogP contribution in [0.5, 0.6) is 0 Å². The zero-order valence-corrected chi connectivity index (χ0v) is 17.8. The van der Waals surface area contributed by atoms with Crippen molar-refractivity contribution in [2.75, 3.05) is 0 Å². The van der Waals surface area contributed by atoms with Crippen LogP contribution in [0.25, 0.3) is 11.0 Å². The first kappa shape index (κ1) is 20.1. The number of hydrogen-bond acceptors (Lipinski definition) is 2. The number of carbonyl (C=O) groups excluding carboxylic acids is 1. The Bertz CT molecular complexity index is 962. The molecule has 3 rings (SSSR count). The van der Waals surface area contributed by atoms with Crippen molar-refractivity contribution in [3.63, 3.8) is 0 Å². The zero-order valence-electron chi connectivity index (χ0n) is 17.8. The van der Waals surface area contributed by atoms with Gasteiger partial charge in [0.15, 0.2) is 0 Å². The van der Waals surface area contributed by atoms with Crippen LogP contribution in [0.15, 0.2) is 48.5 Å². The van der Waals surface area contributed by atoms with Crippen LogP contribution in [0.2, 0.25) is 0 Å². The Kier molecular flexibility index (Phi) is 5.59. The number of nitrogens with zero attached hydrogens (tertiary/aromatic N) is 2. The van der Waals surface area contributed by atoms with E-state index < -0.39 is 5.41 Å². The molecule has 28 heavy (non-hydrogen) atoms. The largest absolute Gasteiger partial charge is 0.346 e. The topological polar surface area (TPSA) is 46.9 Å². The third-order valence-corrected chi connectivity index (χ3v) is 5.09. The number of amides is 1. The first-order valence-electron chi connectivity index (χ1n) is 10.0. The van der Waals surface area contributed by atoms with E-state index >= 15 is 0 Å². The van der Waals surface area contributed by atoms with Gasteiger partial charge in [-0.15, -0.1) is 0 Å². The smallest absolute Gasteiger partial charge is 0.225 e. The normalized spacial score (nSPS) is 13.1. The van der Waals surface area contributed by atoms with Gasteiger partial charge in [-0.1, -0.05) is 71.0 Å². The number of benzene rings is 2. The van der Waals surface area contributed by atoms with Gasteiger partial charge in [0.25, 0.3) is 0 Å². The minimum Gasteiger partial charge on any atom is -0.346 e. The summed E-state index contributed by atoms with van der Waals surface area (Å²) in [5.74, 6) is 1.43. The summed E-state index contributed by atoms with van der Waals surface area (Å²) < 4.78 is 2.22. The molecule has 0 spiro atoms. The number of imidazole rings is 1. The summed E-state index contributed by atoms with van der Waals surface area (Å²) >= 11 is 0. The molecule has 0 radical (unpaired) electrons. The molecule has 0 aliphatic heterocycles. The molecular weight excluding hydrogens is 346 g/mol. The first-order valence-corrected chi connectivity index (χ1v) is 10.0. The lowest BCUT2D eigenvalue weighted by molar-refractivity contribution is -0.129. The second-order valence-electron chi connectivity index (χ2n) is 8.89. The summed E-state index contributed by atoms with van der Waals surface area (Å²) in [6.45, 7) is 12.9. The van der Waals surface area contributed by atoms with Crippen LogP contribution in [0.4, 0.5) is 0 Å². The molecule has 148 valence electrons. The molecule has 0 aliphatic rings. The summed E-state index contributed by atoms with van der Waals surface area (Å²) in [5, 5.41) is 3.13. The van der Waals surface area contributed by atoms with Crippen molar-refractivity contribution in [3.05, 3.63) is 65.5 Å². The van der Waals surface area contributed by atoms with Gasteiger partial charge >= 0.3 is 0 Å². The van der Waals surface area contributed by atoms with Crippen LogP contribution in [-0.4, -0.2) is 15.5 Å². The SMILES string of the molecule is CC(C)c1ccc(Cn2c(C(C)NC(=O)C(C)(C)C)nc3ccccc32)cc1. The van der Waals surface area contributed by atoms with Crippen LogP contribution >= 0.6 is 0 Å². The molecule has 1 amide bonds. The molecule has 0 saturated heterocycles. The van der Waals surface area contributed by atoms with E-state index in [9.17, 15) is 4.79 Å². The molecule has 3 aromatic rings. The van der Waals surface area contributed by atoms with E-state index in [2.05, 4.69) is 54.1 Å². The van der Waals surface area contributed by atoms with Crippen molar-refractivity contribution in [1.82, 2.24) is 14.9 Å². The number of para-hydroxylation sites is 2. The molecule has 1 unspecified atom stereocenters. The predicted molar refractivity (Wildman–Crippen MR) is 115 cm³/mol. The van der Waals surface area contributed by atoms with Crippen molar-refractivity contribution < 1.29 is 4.79 Å². The van der Waals surface area contributed by atoms with Crippen molar-refractivity contribution in [1.29, 1.82) is 0 Å². The number of nitrogens with one attached hydrogen (secondary N) is 1. The summed E-state index contributed by atoms with van der Waals surface area (Å²) in [6, 6.07) is 16.7. The van der Waals surface area contributed by atoms with Crippen molar-refractivity contribution in [2.24, 2.45) is 5.41 Å². The third kappa shape index (κ3) is 4.27. The fraction of sp³-hybridized carbons (Fsp3) is 0.417. The van der Waals surface area contributed by atoms with Crippen LogP contribution in [0.3, 0.4) is 0 Å². The average molecular weight is 378 g/mol. The summed E-state index contributed by atoms with van der Waals surface area (Å²) in [4.78, 5) is 17.3. The Morgan fingerprint density at radius 2 is 1.68 bits per heavy atom. The van der Waals surface area contributed by atoms with Crippen molar-refractivity contribution in [2.45, 2.75) is 60.0 Å². The van der Waals surface area contributed by atoms with E-state index in [4.69, 9.17) is 4.98 Å². The molecule has 1 atom stereocenters. The van der Waals surface area contributed by atoms with Crippen molar-refractivity contribution in [3.8, 4) is 0 Å². The number of aromatic nitrogens is 2. The molecule has 0 aliphatic carbocycles. The number of rotatable bonds is 5. The lowest BCUT2D eigenvalue weighted by Gasteiger charge is -2.22. The van der Waals surface area contributed by atoms with E-state index in [1.807, 2.05) is 45.9 Å². The molecule has 0 fully saturated rings. The predicted octanol–water partition coefficient (Wildman–Crippen LogP) is 5.43. The van der Waals surface area contributed by atoms with Crippen LogP contribution in [-0.2, 0) is 11.3 Å². The lowest BCUT2D eigenvalue weighted by atomic mass is 9.95. The summed E-state index contributed by atoms with van der Waals surface area (Å²) in [6.07, 6.45) is 0. The first-order chi connectivity index (χ1) is 13.2. The maximum atomic E-state index is 12.5. The minimum atomic E-state index is -0.433. The highest BCUT2D eigenvalue weighted by atomic mass is 16.2. The van der Waals surface area contributed by atoms with E-state index in [1.54, 1.807) is 0 Å². The van der Waals surface area contributed by atoms with Gasteiger partial charge < -0.3 is 9.88 Å². The molecule has 1 aromatic heterocycles. The van der Waals surface area contributed by atoms with Gasteiger partial charge in [-0.05, 0) is 36.1 Å². The Morgan fingerprint density at radius 3 is 2.29 bits per heavy atom. The minimum absolute atomic E-state index is 0.0277. The molecule has 0 bridgehead atoms. The van der Waals surface area contributed by atoms with Crippen LogP contribution in [0.1, 0.15) is 70.5 Å². The van der Waals surface area contributed by atoms with Gasteiger partial charge in [0, 0.05) is 12.0 Å². The third-order valence-electron chi connectivity index (χ3n) is 5.09. The van der Waals surface area contributed by atoms with E-state index in [-0.39, 0.29) is 11.9 Å². The van der Waals surface area contributed by atoms with E-state index in [1.165, 1.54) is 11.1 Å². The van der Waals surface area contributed by atoms with Crippen LogP contribution < -0.4 is 5.32 Å². The van der Waals surface area contributed by atoms with Gasteiger partial charge in [0.1, 0.15) is 5.82 Å². The summed E-state index contributed by atoms with van der Waals surface area (Å²) in [7, 11) is 0. The Morgan fingerprint density at radius 1 is 1.04 bits per heavy atom. The Hall–Kier alpha value is -2.62. The van der Waals surface area contributed by atoms with Gasteiger partial charge in [-0.3, -0.25) is 4.79 Å². The quantitative estimate of drug-likeness (QED) is 0.644. The second kappa shape index (κ2) is 7.78. The standard InChI is InChI=1S/C24H31N3O/c1-16(2)19-13-11-18(12-14-19)15-27-21-10-8-7-9-20(21)26-22(27)17(3)25-23(28)24(4,5)6/h7-14,16-17H,15H2,1-6H3,(H,25,28). The molecule has 0 saturated carbocycles. The summed E-state index contributed by atoms with van der Waals surface area (Å²) in [5.41, 5.74) is 4.17. The maximum absolute atomic E-state index is 12.5. The average Bonchev–Trinajstić information content (AvgIpc) is 3.00. The molecule has 4 heteroatoms. The highest BCUT2D eigenvalue weighted by Crippen LogP contribution is 2.24. The number of carbonyl (C=O) groups is 1. The number of fused-ring (bicyclic) bond motifs is 1. The Labute approximate surface area is 168 Å². The lowest BCUT2D eigenvalue weighted by Crippen LogP contribution is -2.37. The molecular formula is C24H31N3O. The van der Waals surface area contributed by atoms with Crippen molar-refractivity contribution >= 4 is 16.9 Å². The van der Waals surface area contributed by atoms with E-state index in [0.29, 0.717) is 5.92 Å². The fourth-order valence-electron chi connectivity index (χ4n) is 3.26. The van der Waals surface area contributed by atoms with Crippen LogP contribution in [0, 0.1) is 5.41 Å². The molecule has 4 nitrogen and oxygen atoms in total. The molecule has 2 aromatic carbocycles. The monoisotopic (exact) mass is 377 g/mol. The van der Waals surface area contributed by atoms with Gasteiger partial charge in [-0.25, -0.2) is 4.98 Å². The van der Waals surface area contributed by atoms with E-state index in [0.717, 1.165) is 23.4 Å². The van der Waals surface area contributed by atoms with Gasteiger partial charge in [0.2, 0.25) is 5.91 Å². The highest BCUT2D eigenvalue weighted by Gasteiger charge is 2.25.